The fourth-order valence-electron chi connectivity index (χ4n) is 8.48. The number of hydrogen-bond donors (Lipinski definition) is 3. The number of nitrogens with one attached hydrogen (secondary N) is 1. The van der Waals surface area contributed by atoms with Crippen LogP contribution < -0.4 is 10.2 Å². The lowest BCUT2D eigenvalue weighted by Gasteiger charge is -2.36. The van der Waals surface area contributed by atoms with Crippen LogP contribution >= 0.6 is 11.6 Å². The largest absolute Gasteiger partial charge is 0.466 e. The van der Waals surface area contributed by atoms with E-state index in [0.717, 1.165) is 86.2 Å². The lowest BCUT2D eigenvalue weighted by Crippen LogP contribution is -2.51. The topological polar surface area (TPSA) is 140 Å². The summed E-state index contributed by atoms with van der Waals surface area (Å²) in [4.78, 5) is 22.6. The molecule has 4 aromatic rings. The second kappa shape index (κ2) is 17.4. The Morgan fingerprint density at radius 3 is 2.55 bits per heavy atom. The molecule has 0 bridgehead atoms. The van der Waals surface area contributed by atoms with Gasteiger partial charge in [-0.05, 0) is 90.2 Å². The van der Waals surface area contributed by atoms with Crippen molar-refractivity contribution in [3.05, 3.63) is 119 Å². The summed E-state index contributed by atoms with van der Waals surface area (Å²) < 4.78 is 18.2. The van der Waals surface area contributed by atoms with Crippen molar-refractivity contribution in [2.24, 2.45) is 0 Å². The number of pyridine rings is 1. The molecule has 2 saturated heterocycles. The van der Waals surface area contributed by atoms with E-state index in [-0.39, 0.29) is 25.7 Å². The number of methoxy groups -OCH3 is 1. The zero-order valence-electron chi connectivity index (χ0n) is 32.0. The van der Waals surface area contributed by atoms with Crippen LogP contribution in [0.5, 0.6) is 0 Å². The Labute approximate surface area is 333 Å². The molecule has 3 aliphatic heterocycles. The van der Waals surface area contributed by atoms with E-state index in [4.69, 9.17) is 25.8 Å². The van der Waals surface area contributed by atoms with E-state index >= 15 is 0 Å². The number of fused-ring (bicyclic) bond motifs is 1. The van der Waals surface area contributed by atoms with Crippen molar-refractivity contribution in [1.82, 2.24) is 15.2 Å². The van der Waals surface area contributed by atoms with E-state index in [2.05, 4.69) is 50.4 Å². The molecule has 4 heterocycles. The molecule has 3 aromatic carbocycles. The van der Waals surface area contributed by atoms with Crippen LogP contribution in [0.25, 0.3) is 11.1 Å². The summed E-state index contributed by atoms with van der Waals surface area (Å²) in [5.41, 5.74) is 3.29. The number of anilines is 1. The number of benzene rings is 3. The maximum absolute atomic E-state index is 13.5. The van der Waals surface area contributed by atoms with Gasteiger partial charge in [-0.15, -0.1) is 11.6 Å². The number of alkyl halides is 1. The number of aliphatic hydroxyl groups excluding tert-OH is 1. The third-order valence-corrected chi connectivity index (χ3v) is 12.0. The number of carbonyl (C=O) groups is 1. The number of halogens is 1. The molecular formula is C44H50ClN5O6. The number of nitrogens with zero attached hydrogens (tertiary/aromatic N) is 4. The summed E-state index contributed by atoms with van der Waals surface area (Å²) in [7, 11) is 1.25. The molecule has 1 aromatic heterocycles. The number of nitriles is 1. The SMILES string of the molecule is COC(=O)[C@]1(OCc2cncc(C#N)c2)CC(O)(C(OCc2ccccc2)c2cccc(-c3cccc4c3CCN4CCCN3CCC(O)CC3)c2C)C(Cl)N1. The van der Waals surface area contributed by atoms with Crippen molar-refractivity contribution in [2.75, 3.05) is 44.7 Å². The molecule has 0 aliphatic carbocycles. The lowest BCUT2D eigenvalue weighted by molar-refractivity contribution is -0.181. The van der Waals surface area contributed by atoms with Crippen molar-refractivity contribution in [1.29, 1.82) is 5.26 Å². The van der Waals surface area contributed by atoms with Gasteiger partial charge in [0.25, 0.3) is 0 Å². The molecule has 56 heavy (non-hydrogen) atoms. The number of aliphatic hydroxyl groups is 2. The van der Waals surface area contributed by atoms with Gasteiger partial charge >= 0.3 is 5.97 Å². The average Bonchev–Trinajstić information content (AvgIpc) is 3.76. The molecule has 3 aliphatic rings. The third kappa shape index (κ3) is 8.34. The molecule has 3 N–H and O–H groups in total. The minimum absolute atomic E-state index is 0.104. The van der Waals surface area contributed by atoms with Gasteiger partial charge in [-0.25, -0.2) is 4.79 Å². The molecule has 0 spiro atoms. The van der Waals surface area contributed by atoms with Gasteiger partial charge in [-0.3, -0.25) is 10.3 Å². The molecule has 7 rings (SSSR count). The van der Waals surface area contributed by atoms with Gasteiger partial charge in [-0.1, -0.05) is 60.7 Å². The number of rotatable bonds is 14. The highest BCUT2D eigenvalue weighted by Crippen LogP contribution is 2.48. The van der Waals surface area contributed by atoms with Crippen LogP contribution in [-0.2, 0) is 38.6 Å². The Bertz CT molecular complexity index is 2040. The number of aromatic nitrogens is 1. The Morgan fingerprint density at radius 1 is 1.02 bits per heavy atom. The summed E-state index contributed by atoms with van der Waals surface area (Å²) in [6.07, 6.45) is 5.21. The van der Waals surface area contributed by atoms with Crippen molar-refractivity contribution >= 4 is 23.3 Å². The fraction of sp³-hybridized carbons (Fsp3) is 0.432. The molecular weight excluding hydrogens is 730 g/mol. The van der Waals surface area contributed by atoms with Gasteiger partial charge in [0, 0.05) is 50.7 Å². The Hall–Kier alpha value is -4.38. The highest BCUT2D eigenvalue weighted by Gasteiger charge is 2.62. The van der Waals surface area contributed by atoms with Gasteiger partial charge in [0.05, 0.1) is 32.0 Å². The molecule has 0 radical (unpaired) electrons. The van der Waals surface area contributed by atoms with Crippen LogP contribution in [0.3, 0.4) is 0 Å². The highest BCUT2D eigenvalue weighted by molar-refractivity contribution is 6.21. The second-order valence-electron chi connectivity index (χ2n) is 15.1. The summed E-state index contributed by atoms with van der Waals surface area (Å²) >= 11 is 7.06. The monoisotopic (exact) mass is 779 g/mol. The van der Waals surface area contributed by atoms with E-state index < -0.39 is 28.9 Å². The van der Waals surface area contributed by atoms with Crippen LogP contribution in [0.15, 0.2) is 85.2 Å². The number of carbonyl (C=O) groups excluding carboxylic acids is 1. The van der Waals surface area contributed by atoms with E-state index in [1.54, 1.807) is 12.3 Å². The zero-order chi connectivity index (χ0) is 39.3. The predicted octanol–water partition coefficient (Wildman–Crippen LogP) is 5.77. The molecule has 3 unspecified atom stereocenters. The quantitative estimate of drug-likeness (QED) is 0.0817. The number of likely N-dealkylation sites (tertiary alicyclic amines) is 1. The van der Waals surface area contributed by atoms with E-state index in [1.165, 1.54) is 24.6 Å². The molecule has 0 amide bonds. The minimum Gasteiger partial charge on any atom is -0.466 e. The van der Waals surface area contributed by atoms with Crippen molar-refractivity contribution in [2.45, 2.75) is 81.3 Å². The number of ether oxygens (including phenoxy) is 3. The van der Waals surface area contributed by atoms with Crippen LogP contribution in [0.1, 0.15) is 65.2 Å². The van der Waals surface area contributed by atoms with Gasteiger partial charge in [0.2, 0.25) is 5.72 Å². The molecule has 0 saturated carbocycles. The second-order valence-corrected chi connectivity index (χ2v) is 15.6. The third-order valence-electron chi connectivity index (χ3n) is 11.5. The first-order valence-electron chi connectivity index (χ1n) is 19.4. The number of hydrogen-bond acceptors (Lipinski definition) is 11. The van der Waals surface area contributed by atoms with Crippen molar-refractivity contribution in [3.63, 3.8) is 0 Å². The van der Waals surface area contributed by atoms with Crippen LogP contribution in [0, 0.1) is 18.3 Å². The lowest BCUT2D eigenvalue weighted by atomic mass is 9.83. The maximum Gasteiger partial charge on any atom is 0.353 e. The summed E-state index contributed by atoms with van der Waals surface area (Å²) in [6.45, 7) is 6.95. The first-order valence-corrected chi connectivity index (χ1v) is 19.8. The van der Waals surface area contributed by atoms with Crippen molar-refractivity contribution < 1.29 is 29.2 Å². The molecule has 2 fully saturated rings. The van der Waals surface area contributed by atoms with Crippen LogP contribution in [0.2, 0.25) is 0 Å². The van der Waals surface area contributed by atoms with Crippen molar-refractivity contribution in [3.8, 4) is 17.2 Å². The van der Waals surface area contributed by atoms with Gasteiger partial charge in [0.15, 0.2) is 0 Å². The predicted molar refractivity (Wildman–Crippen MR) is 214 cm³/mol. The molecule has 4 atom stereocenters. The first-order chi connectivity index (χ1) is 27.1. The summed E-state index contributed by atoms with van der Waals surface area (Å²) in [6, 6.07) is 25.9. The molecule has 11 nitrogen and oxygen atoms in total. The van der Waals surface area contributed by atoms with Gasteiger partial charge in [0.1, 0.15) is 23.3 Å². The molecule has 12 heteroatoms. The fourth-order valence-corrected chi connectivity index (χ4v) is 8.84. The number of esters is 1. The summed E-state index contributed by atoms with van der Waals surface area (Å²) in [5.74, 6) is -0.755. The van der Waals surface area contributed by atoms with E-state index in [9.17, 15) is 20.3 Å². The average molecular weight is 780 g/mol. The normalized spacial score (nSPS) is 23.1. The van der Waals surface area contributed by atoms with E-state index in [0.29, 0.717) is 11.1 Å². The Balaban J connectivity index is 1.18. The van der Waals surface area contributed by atoms with Crippen LogP contribution in [0.4, 0.5) is 5.69 Å². The maximum atomic E-state index is 13.5. The smallest absolute Gasteiger partial charge is 0.353 e. The van der Waals surface area contributed by atoms with Crippen LogP contribution in [-0.4, -0.2) is 88.8 Å². The standard InChI is InChI=1S/C44H50ClN5O6/c1-30-35(37-13-7-14-39-38(37)17-22-50(39)19-8-18-49-20-15-34(51)16-21-49)11-6-12-36(30)40(55-27-31-9-4-3-5-10-31)43(53)29-44(42(52)54-2,48-41(43)45)56-28-33-23-32(24-46)25-47-26-33/h3-7,9-14,23,25-26,34,40-41,48,51,53H,8,15-22,27-29H2,1-2H3/t40?,41?,43?,44-/m1/s1. The molecule has 294 valence electrons. The first kappa shape index (κ1) is 39.8. The summed E-state index contributed by atoms with van der Waals surface area (Å²) in [5, 5.41) is 35.1. The Morgan fingerprint density at radius 2 is 1.79 bits per heavy atom. The minimum atomic E-state index is -1.86. The van der Waals surface area contributed by atoms with Gasteiger partial charge in [-0.2, -0.15) is 5.26 Å². The zero-order valence-corrected chi connectivity index (χ0v) is 32.8. The Kier molecular flexibility index (Phi) is 12.4. The highest BCUT2D eigenvalue weighted by atomic mass is 35.5. The number of piperidine rings is 1. The van der Waals surface area contributed by atoms with Gasteiger partial charge < -0.3 is 34.2 Å². The van der Waals surface area contributed by atoms with E-state index in [1.807, 2.05) is 49.4 Å².